The summed E-state index contributed by atoms with van der Waals surface area (Å²) in [4.78, 5) is 42.7. The number of anilines is 2. The molecule has 1 unspecified atom stereocenters. The van der Waals surface area contributed by atoms with E-state index in [4.69, 9.17) is 9.47 Å². The van der Waals surface area contributed by atoms with Crippen LogP contribution in [0.15, 0.2) is 109 Å². The van der Waals surface area contributed by atoms with Crippen LogP contribution in [0.3, 0.4) is 0 Å². The van der Waals surface area contributed by atoms with Gasteiger partial charge in [0.05, 0.1) is 23.9 Å². The fourth-order valence-corrected chi connectivity index (χ4v) is 6.27. The van der Waals surface area contributed by atoms with E-state index in [0.29, 0.717) is 34.0 Å². The number of aliphatic hydroxyl groups excluding tert-OH is 1. The molecule has 0 aliphatic carbocycles. The monoisotopic (exact) mass is 624 g/mol. The minimum Gasteiger partial charge on any atom is -0.497 e. The van der Waals surface area contributed by atoms with Crippen molar-refractivity contribution in [2.75, 3.05) is 16.9 Å². The molecule has 2 aliphatic heterocycles. The van der Waals surface area contributed by atoms with Crippen LogP contribution in [0.2, 0.25) is 0 Å². The Bertz CT molecular complexity index is 2070. The zero-order valence-corrected chi connectivity index (χ0v) is 26.4. The van der Waals surface area contributed by atoms with Gasteiger partial charge in [-0.3, -0.25) is 19.3 Å². The molecule has 0 spiro atoms. The van der Waals surface area contributed by atoms with E-state index in [9.17, 15) is 19.5 Å². The van der Waals surface area contributed by atoms with E-state index in [1.807, 2.05) is 49.4 Å². The molecular formula is C39H32N2O6. The molecule has 7 rings (SSSR count). The summed E-state index contributed by atoms with van der Waals surface area (Å²) in [5.74, 6) is 0.476. The lowest BCUT2D eigenvalue weighted by Gasteiger charge is -2.26. The number of hydrogen-bond acceptors (Lipinski definition) is 6. The molecule has 5 aromatic rings. The number of ether oxygens (including phenoxy) is 2. The van der Waals surface area contributed by atoms with Gasteiger partial charge in [-0.05, 0) is 84.8 Å². The third-order valence-corrected chi connectivity index (χ3v) is 9.03. The standard InChI is InChI=1S/C39H32N2O6/c1-23-8-18-31-33(20-23)37(44)40(35(31)42)26-6-5-7-27(21-26)41-36(43)32-19-17-30(22-34(32)38(41)45)47-29-15-11-25(12-16-29)39(2,3)24-9-13-28(46-4)14-10-24/h5-22,35,42H,1-4H3. The molecule has 0 saturated carbocycles. The molecule has 1 atom stereocenters. The van der Waals surface area contributed by atoms with E-state index in [1.165, 1.54) is 4.90 Å². The zero-order valence-electron chi connectivity index (χ0n) is 26.4. The molecule has 2 heterocycles. The van der Waals surface area contributed by atoms with E-state index >= 15 is 0 Å². The fraction of sp³-hybridized carbons (Fsp3) is 0.154. The zero-order chi connectivity index (χ0) is 33.0. The highest BCUT2D eigenvalue weighted by Crippen LogP contribution is 2.40. The average molecular weight is 625 g/mol. The smallest absolute Gasteiger partial charge is 0.266 e. The Balaban J connectivity index is 1.10. The van der Waals surface area contributed by atoms with E-state index in [-0.39, 0.29) is 22.4 Å². The maximum Gasteiger partial charge on any atom is 0.266 e. The summed E-state index contributed by atoms with van der Waals surface area (Å²) >= 11 is 0. The van der Waals surface area contributed by atoms with Crippen LogP contribution in [0, 0.1) is 6.92 Å². The molecule has 5 aromatic carbocycles. The minimum absolute atomic E-state index is 0.218. The van der Waals surface area contributed by atoms with Crippen LogP contribution in [-0.2, 0) is 5.41 Å². The van der Waals surface area contributed by atoms with Gasteiger partial charge in [0.1, 0.15) is 17.2 Å². The molecule has 8 heteroatoms. The van der Waals surface area contributed by atoms with E-state index < -0.39 is 18.0 Å². The molecule has 2 aliphatic rings. The molecule has 0 fully saturated rings. The van der Waals surface area contributed by atoms with Gasteiger partial charge in [-0.15, -0.1) is 0 Å². The number of aliphatic hydroxyl groups is 1. The first-order chi connectivity index (χ1) is 22.6. The lowest BCUT2D eigenvalue weighted by atomic mass is 9.78. The number of benzene rings is 5. The van der Waals surface area contributed by atoms with Crippen LogP contribution in [-0.4, -0.2) is 29.9 Å². The van der Waals surface area contributed by atoms with Gasteiger partial charge >= 0.3 is 0 Å². The summed E-state index contributed by atoms with van der Waals surface area (Å²) in [6.45, 7) is 6.18. The van der Waals surface area contributed by atoms with Crippen LogP contribution in [0.25, 0.3) is 0 Å². The SMILES string of the molecule is COc1ccc(C(C)(C)c2ccc(Oc3ccc4c(c3)C(=O)N(c3cccc(N5C(=O)c6cc(C)ccc6C5O)c3)C4=O)cc2)cc1. The second kappa shape index (κ2) is 11.3. The molecule has 3 amide bonds. The summed E-state index contributed by atoms with van der Waals surface area (Å²) in [5.41, 5.74) is 4.96. The number of methoxy groups -OCH3 is 1. The van der Waals surface area contributed by atoms with Crippen molar-refractivity contribution in [3.63, 3.8) is 0 Å². The van der Waals surface area contributed by atoms with Crippen LogP contribution >= 0.6 is 0 Å². The molecular weight excluding hydrogens is 592 g/mol. The summed E-state index contributed by atoms with van der Waals surface area (Å²) < 4.78 is 11.4. The lowest BCUT2D eigenvalue weighted by Crippen LogP contribution is -2.31. The van der Waals surface area contributed by atoms with Crippen LogP contribution in [0.4, 0.5) is 11.4 Å². The minimum atomic E-state index is -1.18. The number of rotatable bonds is 7. The Morgan fingerprint density at radius 1 is 0.638 bits per heavy atom. The van der Waals surface area contributed by atoms with Gasteiger partial charge in [-0.2, -0.15) is 0 Å². The third-order valence-electron chi connectivity index (χ3n) is 9.03. The van der Waals surface area contributed by atoms with Gasteiger partial charge < -0.3 is 14.6 Å². The first kappa shape index (κ1) is 30.0. The number of carbonyl (C=O) groups is 3. The number of aryl methyl sites for hydroxylation is 1. The maximum absolute atomic E-state index is 13.6. The van der Waals surface area contributed by atoms with Gasteiger partial charge in [0.2, 0.25) is 0 Å². The molecule has 0 saturated heterocycles. The van der Waals surface area contributed by atoms with E-state index in [2.05, 4.69) is 26.0 Å². The van der Waals surface area contributed by atoms with Gasteiger partial charge in [-0.1, -0.05) is 61.9 Å². The second-order valence-electron chi connectivity index (χ2n) is 12.3. The van der Waals surface area contributed by atoms with Gasteiger partial charge in [-0.25, -0.2) is 4.90 Å². The van der Waals surface area contributed by atoms with Crippen molar-refractivity contribution in [2.45, 2.75) is 32.4 Å². The van der Waals surface area contributed by atoms with E-state index in [1.54, 1.807) is 61.7 Å². The topological polar surface area (TPSA) is 96.4 Å². The van der Waals surface area contributed by atoms with Crippen molar-refractivity contribution < 1.29 is 29.0 Å². The van der Waals surface area contributed by atoms with Crippen LogP contribution < -0.4 is 19.3 Å². The van der Waals surface area contributed by atoms with Crippen molar-refractivity contribution in [1.29, 1.82) is 0 Å². The van der Waals surface area contributed by atoms with Gasteiger partial charge in [0, 0.05) is 22.2 Å². The van der Waals surface area contributed by atoms with Crippen molar-refractivity contribution in [3.8, 4) is 17.2 Å². The molecule has 0 radical (unpaired) electrons. The number of imide groups is 1. The van der Waals surface area contributed by atoms with Crippen LogP contribution in [0.5, 0.6) is 17.2 Å². The van der Waals surface area contributed by atoms with Crippen LogP contribution in [0.1, 0.15) is 73.4 Å². The molecule has 47 heavy (non-hydrogen) atoms. The highest BCUT2D eigenvalue weighted by atomic mass is 16.5. The summed E-state index contributed by atoms with van der Waals surface area (Å²) in [6, 6.07) is 32.4. The normalized spacial score (nSPS) is 15.6. The molecule has 0 aromatic heterocycles. The Kier molecular flexibility index (Phi) is 7.17. The Morgan fingerprint density at radius 3 is 1.94 bits per heavy atom. The molecule has 234 valence electrons. The van der Waals surface area contributed by atoms with Crippen molar-refractivity contribution in [2.24, 2.45) is 0 Å². The Labute approximate surface area is 272 Å². The van der Waals surface area contributed by atoms with Crippen molar-refractivity contribution >= 4 is 29.1 Å². The van der Waals surface area contributed by atoms with Crippen molar-refractivity contribution in [3.05, 3.63) is 148 Å². The molecule has 1 N–H and O–H groups in total. The number of amides is 3. The number of fused-ring (bicyclic) bond motifs is 2. The predicted octanol–water partition coefficient (Wildman–Crippen LogP) is 7.57. The fourth-order valence-electron chi connectivity index (χ4n) is 6.27. The van der Waals surface area contributed by atoms with Crippen molar-refractivity contribution in [1.82, 2.24) is 0 Å². The maximum atomic E-state index is 13.6. The molecule has 0 bridgehead atoms. The third kappa shape index (κ3) is 5.03. The van der Waals surface area contributed by atoms with E-state index in [0.717, 1.165) is 27.3 Å². The highest BCUT2D eigenvalue weighted by Gasteiger charge is 2.39. The Morgan fingerprint density at radius 2 is 1.26 bits per heavy atom. The second-order valence-corrected chi connectivity index (χ2v) is 12.3. The summed E-state index contributed by atoms with van der Waals surface area (Å²) in [7, 11) is 1.65. The largest absolute Gasteiger partial charge is 0.497 e. The summed E-state index contributed by atoms with van der Waals surface area (Å²) in [5, 5.41) is 11.0. The molecule has 8 nitrogen and oxygen atoms in total. The number of nitrogens with zero attached hydrogens (tertiary/aromatic N) is 2. The first-order valence-electron chi connectivity index (χ1n) is 15.2. The first-order valence-corrected chi connectivity index (χ1v) is 15.2. The van der Waals surface area contributed by atoms with Gasteiger partial charge in [0.25, 0.3) is 17.7 Å². The number of carbonyl (C=O) groups excluding carboxylic acids is 3. The predicted molar refractivity (Wildman–Crippen MR) is 179 cm³/mol. The average Bonchev–Trinajstić information content (AvgIpc) is 3.47. The summed E-state index contributed by atoms with van der Waals surface area (Å²) in [6.07, 6.45) is -1.18. The van der Waals surface area contributed by atoms with Gasteiger partial charge in [0.15, 0.2) is 6.23 Å². The highest BCUT2D eigenvalue weighted by molar-refractivity contribution is 6.34. The number of hydrogen-bond donors (Lipinski definition) is 1. The Hall–Kier alpha value is -5.73. The quantitative estimate of drug-likeness (QED) is 0.188. The lowest BCUT2D eigenvalue weighted by molar-refractivity contribution is 0.0919.